The number of rotatable bonds is 12. The van der Waals surface area contributed by atoms with Gasteiger partial charge in [-0.05, 0) is 70.6 Å². The Balaban J connectivity index is 0.000000256. The largest absolute Gasteiger partial charge is 0.463 e. The van der Waals surface area contributed by atoms with Crippen molar-refractivity contribution in [3.8, 4) is 0 Å². The number of cyclic esters (lactones) is 6. The summed E-state index contributed by atoms with van der Waals surface area (Å²) < 4.78 is 42.1. The zero-order chi connectivity index (χ0) is 58.5. The van der Waals surface area contributed by atoms with Crippen LogP contribution in [0.4, 0.5) is 9.59 Å². The van der Waals surface area contributed by atoms with E-state index in [-0.39, 0.29) is 37.0 Å². The molecular formula is C55H63B2N3O19. The van der Waals surface area contributed by atoms with Gasteiger partial charge in [-0.3, -0.25) is 28.8 Å². The number of esters is 8. The molecule has 0 saturated carbocycles. The van der Waals surface area contributed by atoms with Crippen LogP contribution in [-0.2, 0) is 95.5 Å². The van der Waals surface area contributed by atoms with Crippen LogP contribution in [0, 0.1) is 17.8 Å². The Labute approximate surface area is 459 Å². The molecule has 22 nitrogen and oxygen atoms in total. The first-order chi connectivity index (χ1) is 37.4. The standard InChI is InChI=1S/C20H22BNO7.C19H23NO6.C16H18BNO6/c1-11(2)17(23)29-16-12(3)28-19(25)15(22-20(21)26)10-27-18(24)14(16)9-13-7-5-4-6-8-13;1-11(2)17(21)26-16-12(3)25-19(23)15(20)10-24-18(22)14(16)9-13-7-5-4-6-8-13;1-9-13(19)11(7-10-5-3-2-4-6-10)14(20)23-8-12(15(21)24-9)18-16(17)22/h4-8,12,14-16H,1,9-10H2,2-3H3,(H,22,26);4-8,12,14-16H,1,9-10,20H2,2-3H3;2-6,9,11-13,19H,7-8H2,1H3,(H,18,22)/t2*12-,14+,15?,16-;9-,11+,12?,13-/m000/s1. The molecule has 418 valence electrons. The van der Waals surface area contributed by atoms with Crippen LogP contribution in [0.25, 0.3) is 0 Å². The number of ether oxygens (including phenoxy) is 8. The molecule has 2 amide bonds. The van der Waals surface area contributed by atoms with E-state index in [1.54, 1.807) is 19.1 Å². The minimum Gasteiger partial charge on any atom is -0.463 e. The molecule has 12 atom stereocenters. The Bertz CT molecular complexity index is 2660. The van der Waals surface area contributed by atoms with Gasteiger partial charge in [-0.15, -0.1) is 0 Å². The quantitative estimate of drug-likeness (QED) is 0.0874. The average Bonchev–Trinajstić information content (AvgIpc) is 3.50. The second kappa shape index (κ2) is 30.7. The van der Waals surface area contributed by atoms with Crippen molar-refractivity contribution < 1.29 is 90.9 Å². The second-order valence-electron chi connectivity index (χ2n) is 18.7. The van der Waals surface area contributed by atoms with Crippen molar-refractivity contribution in [2.24, 2.45) is 23.5 Å². The van der Waals surface area contributed by atoms with E-state index in [0.717, 1.165) is 16.7 Å². The molecular weight excluding hydrogens is 1030 g/mol. The van der Waals surface area contributed by atoms with Gasteiger partial charge < -0.3 is 59.4 Å². The van der Waals surface area contributed by atoms with E-state index in [1.807, 2.05) is 78.9 Å². The van der Waals surface area contributed by atoms with Crippen LogP contribution in [0.2, 0.25) is 0 Å². The molecule has 4 radical (unpaired) electrons. The highest BCUT2D eigenvalue weighted by Gasteiger charge is 2.44. The lowest BCUT2D eigenvalue weighted by atomic mass is 9.91. The molecule has 0 aromatic heterocycles. The van der Waals surface area contributed by atoms with Gasteiger partial charge in [-0.2, -0.15) is 0 Å². The molecule has 0 spiro atoms. The first kappa shape index (κ1) is 63.4. The van der Waals surface area contributed by atoms with Gasteiger partial charge in [0.1, 0.15) is 62.1 Å². The molecule has 3 unspecified atom stereocenters. The van der Waals surface area contributed by atoms with Gasteiger partial charge in [-0.25, -0.2) is 19.2 Å². The van der Waals surface area contributed by atoms with E-state index in [9.17, 15) is 53.1 Å². The number of benzene rings is 3. The van der Waals surface area contributed by atoms with E-state index >= 15 is 0 Å². The number of amides is 2. The first-order valence-electron chi connectivity index (χ1n) is 24.9. The van der Waals surface area contributed by atoms with Crippen molar-refractivity contribution in [2.45, 2.75) is 109 Å². The van der Waals surface area contributed by atoms with Gasteiger partial charge >= 0.3 is 47.8 Å². The molecule has 3 aromatic carbocycles. The number of aliphatic hydroxyl groups is 1. The van der Waals surface area contributed by atoms with E-state index in [4.69, 9.17) is 59.3 Å². The average molecular weight is 1090 g/mol. The first-order valence-corrected chi connectivity index (χ1v) is 24.9. The van der Waals surface area contributed by atoms with Crippen LogP contribution in [0.3, 0.4) is 0 Å². The SMILES string of the molecule is C=C(C)C(=O)O[C@H]1[C@H](C)OC(=O)C(N)COC(=O)[C@@H]1Cc1ccccc1.[B]C(=O)NC1COC(=O)[C@H](Cc2ccccc2)[C@@H](O)[C@H](C)OC1=O.[B]C(=O)NC1COC(=O)[C@H](Cc2ccccc2)[C@@H](OC(=O)C(=C)C)[C@H](C)OC1=O. The van der Waals surface area contributed by atoms with Crippen LogP contribution in [-0.4, -0.2) is 155 Å². The van der Waals surface area contributed by atoms with Crippen LogP contribution in [0.15, 0.2) is 115 Å². The summed E-state index contributed by atoms with van der Waals surface area (Å²) in [5.41, 5.74) is 8.45. The fourth-order valence-electron chi connectivity index (χ4n) is 7.98. The van der Waals surface area contributed by atoms with Crippen molar-refractivity contribution in [3.63, 3.8) is 0 Å². The summed E-state index contributed by atoms with van der Waals surface area (Å²) in [5, 5.41) is 14.7. The van der Waals surface area contributed by atoms with Gasteiger partial charge in [0.2, 0.25) is 15.7 Å². The number of carbonyl (C=O) groups excluding carboxylic acids is 10. The maximum atomic E-state index is 12.8. The summed E-state index contributed by atoms with van der Waals surface area (Å²) in [6.45, 7) is 13.4. The number of hydrogen-bond donors (Lipinski definition) is 4. The summed E-state index contributed by atoms with van der Waals surface area (Å²) in [5.74, 6) is -10.4. The predicted octanol–water partition coefficient (Wildman–Crippen LogP) is 2.16. The number of nitrogens with one attached hydrogen (secondary N) is 2. The van der Waals surface area contributed by atoms with Gasteiger partial charge in [0.05, 0.1) is 5.92 Å². The minimum atomic E-state index is -1.27. The lowest BCUT2D eigenvalue weighted by molar-refractivity contribution is -0.172. The summed E-state index contributed by atoms with van der Waals surface area (Å²) >= 11 is 0. The van der Waals surface area contributed by atoms with Crippen molar-refractivity contribution >= 4 is 75.1 Å². The highest BCUT2D eigenvalue weighted by atomic mass is 16.6. The summed E-state index contributed by atoms with van der Waals surface area (Å²) in [6, 6.07) is 23.8. The lowest BCUT2D eigenvalue weighted by Gasteiger charge is -2.29. The number of nitrogens with two attached hydrogens (primary N) is 1. The molecule has 3 aliphatic heterocycles. The molecule has 3 saturated heterocycles. The molecule has 5 N–H and O–H groups in total. The number of hydrogen-bond acceptors (Lipinski definition) is 20. The zero-order valence-electron chi connectivity index (χ0n) is 44.3. The molecule has 3 fully saturated rings. The van der Waals surface area contributed by atoms with E-state index < -0.39 is 145 Å². The monoisotopic (exact) mass is 1090 g/mol. The topological polar surface area (TPSA) is 315 Å². The summed E-state index contributed by atoms with van der Waals surface area (Å²) in [6.07, 6.45) is -5.54. The van der Waals surface area contributed by atoms with Gasteiger partial charge in [0.25, 0.3) is 0 Å². The molecule has 79 heavy (non-hydrogen) atoms. The molecule has 0 bridgehead atoms. The Morgan fingerprint density at radius 3 is 1.20 bits per heavy atom. The lowest BCUT2D eigenvalue weighted by Crippen LogP contribution is -2.46. The highest BCUT2D eigenvalue weighted by Crippen LogP contribution is 2.27. The Morgan fingerprint density at radius 2 is 0.848 bits per heavy atom. The summed E-state index contributed by atoms with van der Waals surface area (Å²) in [4.78, 5) is 120. The minimum absolute atomic E-state index is 0.128. The predicted molar refractivity (Wildman–Crippen MR) is 280 cm³/mol. The fourth-order valence-corrected chi connectivity index (χ4v) is 7.98. The normalized spacial score (nSPS) is 26.3. The molecule has 3 heterocycles. The molecule has 0 aliphatic carbocycles. The third-order valence-electron chi connectivity index (χ3n) is 12.2. The van der Waals surface area contributed by atoms with E-state index in [0.29, 0.717) is 0 Å². The zero-order valence-corrected chi connectivity index (χ0v) is 44.3. The Hall–Kier alpha value is -8.11. The van der Waals surface area contributed by atoms with Crippen LogP contribution in [0.5, 0.6) is 0 Å². The molecule has 24 heteroatoms. The maximum Gasteiger partial charge on any atom is 0.333 e. The van der Waals surface area contributed by atoms with Crippen LogP contribution in [0.1, 0.15) is 51.3 Å². The summed E-state index contributed by atoms with van der Waals surface area (Å²) in [7, 11) is 10.1. The van der Waals surface area contributed by atoms with E-state index in [1.165, 1.54) is 27.7 Å². The second-order valence-corrected chi connectivity index (χ2v) is 18.7. The van der Waals surface area contributed by atoms with Crippen molar-refractivity contribution in [2.75, 3.05) is 19.8 Å². The molecule has 6 rings (SSSR count). The van der Waals surface area contributed by atoms with Gasteiger partial charge in [0, 0.05) is 11.1 Å². The maximum absolute atomic E-state index is 12.8. The molecule has 3 aromatic rings. The van der Waals surface area contributed by atoms with Crippen molar-refractivity contribution in [3.05, 3.63) is 132 Å². The van der Waals surface area contributed by atoms with Gasteiger partial charge in [0.15, 0.2) is 35.9 Å². The Morgan fingerprint density at radius 1 is 0.532 bits per heavy atom. The Kier molecular flexibility index (Phi) is 24.7. The van der Waals surface area contributed by atoms with Crippen LogP contribution < -0.4 is 16.4 Å². The van der Waals surface area contributed by atoms with Crippen LogP contribution >= 0.6 is 0 Å². The molecule has 3 aliphatic rings. The van der Waals surface area contributed by atoms with Crippen molar-refractivity contribution in [1.29, 1.82) is 0 Å². The van der Waals surface area contributed by atoms with Crippen molar-refractivity contribution in [1.82, 2.24) is 10.6 Å². The van der Waals surface area contributed by atoms with Gasteiger partial charge in [-0.1, -0.05) is 104 Å². The number of carbonyl (C=O) groups is 10. The highest BCUT2D eigenvalue weighted by molar-refractivity contribution is 6.57. The van der Waals surface area contributed by atoms with E-state index in [2.05, 4.69) is 23.8 Å². The number of aliphatic hydroxyl groups excluding tert-OH is 1. The smallest absolute Gasteiger partial charge is 0.333 e. The third kappa shape index (κ3) is 20.0. The third-order valence-corrected chi connectivity index (χ3v) is 12.2. The fraction of sp³-hybridized carbons (Fsp3) is 0.418.